The summed E-state index contributed by atoms with van der Waals surface area (Å²) in [7, 11) is 0. The molecule has 0 spiro atoms. The highest BCUT2D eigenvalue weighted by atomic mass is 16.5. The minimum absolute atomic E-state index is 0.132. The Morgan fingerprint density at radius 3 is 2.57 bits per heavy atom. The molecule has 0 aromatic carbocycles. The predicted octanol–water partition coefficient (Wildman–Crippen LogP) is 0.954. The van der Waals surface area contributed by atoms with Gasteiger partial charge in [-0.2, -0.15) is 0 Å². The third-order valence-electron chi connectivity index (χ3n) is 3.86. The van der Waals surface area contributed by atoms with Crippen molar-refractivity contribution < 1.29 is 9.84 Å². The fraction of sp³-hybridized carbons (Fsp3) is 0.733. The van der Waals surface area contributed by atoms with Crippen LogP contribution >= 0.6 is 0 Å². The molecule has 2 heterocycles. The van der Waals surface area contributed by atoms with Gasteiger partial charge in [0.2, 0.25) is 5.95 Å². The predicted molar refractivity (Wildman–Crippen MR) is 82.3 cm³/mol. The van der Waals surface area contributed by atoms with Gasteiger partial charge in [-0.15, -0.1) is 0 Å². The Hall–Kier alpha value is -1.24. The zero-order valence-corrected chi connectivity index (χ0v) is 13.0. The van der Waals surface area contributed by atoms with Crippen molar-refractivity contribution >= 4 is 5.95 Å². The van der Waals surface area contributed by atoms with E-state index < -0.39 is 0 Å². The number of aliphatic hydroxyl groups is 1. The van der Waals surface area contributed by atoms with E-state index in [1.54, 1.807) is 0 Å². The van der Waals surface area contributed by atoms with Crippen LogP contribution in [-0.4, -0.2) is 53.5 Å². The van der Waals surface area contributed by atoms with Crippen LogP contribution in [0.4, 0.5) is 5.95 Å². The van der Waals surface area contributed by atoms with Crippen LogP contribution in [0.1, 0.15) is 32.3 Å². The van der Waals surface area contributed by atoms with Crippen LogP contribution in [0.2, 0.25) is 0 Å². The van der Waals surface area contributed by atoms with Crippen LogP contribution in [0.15, 0.2) is 12.4 Å². The lowest BCUT2D eigenvalue weighted by Crippen LogP contribution is -2.45. The van der Waals surface area contributed by atoms with E-state index in [4.69, 9.17) is 4.74 Å². The molecule has 0 saturated carbocycles. The lowest BCUT2D eigenvalue weighted by atomic mass is 9.97. The standard InChI is InChI=1S/C15H26N4O2/c1-3-4-15(2,12-20)18-11-13-9-16-14(17-10-13)19-5-7-21-8-6-19/h9-10,18,20H,3-8,11-12H2,1-2H3. The summed E-state index contributed by atoms with van der Waals surface area (Å²) in [5, 5.41) is 12.9. The molecule has 1 aliphatic rings. The fourth-order valence-electron chi connectivity index (χ4n) is 2.46. The van der Waals surface area contributed by atoms with Gasteiger partial charge in [0.1, 0.15) is 0 Å². The van der Waals surface area contributed by atoms with E-state index in [1.807, 2.05) is 19.3 Å². The van der Waals surface area contributed by atoms with Crippen molar-refractivity contribution in [3.63, 3.8) is 0 Å². The molecule has 0 radical (unpaired) electrons. The Kier molecular flexibility index (Phi) is 5.90. The molecule has 2 rings (SSSR count). The van der Waals surface area contributed by atoms with Crippen molar-refractivity contribution in [1.29, 1.82) is 0 Å². The second-order valence-electron chi connectivity index (χ2n) is 5.81. The van der Waals surface area contributed by atoms with Gasteiger partial charge in [0, 0.05) is 43.1 Å². The maximum absolute atomic E-state index is 9.50. The summed E-state index contributed by atoms with van der Waals surface area (Å²) < 4.78 is 5.33. The molecule has 21 heavy (non-hydrogen) atoms. The van der Waals surface area contributed by atoms with Gasteiger partial charge in [-0.05, 0) is 13.3 Å². The molecule has 0 aliphatic carbocycles. The molecule has 1 aliphatic heterocycles. The number of anilines is 1. The highest BCUT2D eigenvalue weighted by Crippen LogP contribution is 2.13. The van der Waals surface area contributed by atoms with Gasteiger partial charge in [0.15, 0.2) is 0 Å². The van der Waals surface area contributed by atoms with Gasteiger partial charge in [0.05, 0.1) is 19.8 Å². The number of nitrogens with zero attached hydrogens (tertiary/aromatic N) is 3. The molecule has 1 atom stereocenters. The molecular weight excluding hydrogens is 268 g/mol. The number of nitrogens with one attached hydrogen (secondary N) is 1. The van der Waals surface area contributed by atoms with Crippen LogP contribution in [0, 0.1) is 0 Å². The number of aliphatic hydroxyl groups excluding tert-OH is 1. The number of rotatable bonds is 7. The summed E-state index contributed by atoms with van der Waals surface area (Å²) >= 11 is 0. The topological polar surface area (TPSA) is 70.5 Å². The van der Waals surface area contributed by atoms with Crippen LogP contribution in [0.25, 0.3) is 0 Å². The summed E-state index contributed by atoms with van der Waals surface area (Å²) in [5.41, 5.74) is 0.792. The first-order chi connectivity index (χ1) is 10.2. The van der Waals surface area contributed by atoms with Crippen molar-refractivity contribution in [3.05, 3.63) is 18.0 Å². The summed E-state index contributed by atoms with van der Waals surface area (Å²) in [4.78, 5) is 11.0. The quantitative estimate of drug-likeness (QED) is 0.780. The maximum Gasteiger partial charge on any atom is 0.225 e. The Bertz CT molecular complexity index is 420. The van der Waals surface area contributed by atoms with Crippen molar-refractivity contribution in [2.75, 3.05) is 37.8 Å². The van der Waals surface area contributed by atoms with E-state index in [9.17, 15) is 5.11 Å². The summed E-state index contributed by atoms with van der Waals surface area (Å²) in [6.07, 6.45) is 5.69. The first kappa shape index (κ1) is 16.1. The number of hydrogen-bond acceptors (Lipinski definition) is 6. The van der Waals surface area contributed by atoms with Crippen LogP contribution in [0.3, 0.4) is 0 Å². The molecule has 1 aromatic rings. The summed E-state index contributed by atoms with van der Waals surface area (Å²) in [6, 6.07) is 0. The lowest BCUT2D eigenvalue weighted by Gasteiger charge is -2.29. The maximum atomic E-state index is 9.50. The monoisotopic (exact) mass is 294 g/mol. The van der Waals surface area contributed by atoms with E-state index in [-0.39, 0.29) is 12.1 Å². The van der Waals surface area contributed by atoms with Crippen molar-refractivity contribution in [2.24, 2.45) is 0 Å². The van der Waals surface area contributed by atoms with Gasteiger partial charge in [-0.1, -0.05) is 13.3 Å². The van der Waals surface area contributed by atoms with Crippen LogP contribution < -0.4 is 10.2 Å². The number of ether oxygens (including phenoxy) is 1. The van der Waals surface area contributed by atoms with Gasteiger partial charge in [0.25, 0.3) is 0 Å². The largest absolute Gasteiger partial charge is 0.394 e. The average Bonchev–Trinajstić information content (AvgIpc) is 2.55. The molecule has 6 heteroatoms. The Morgan fingerprint density at radius 1 is 1.33 bits per heavy atom. The molecule has 0 amide bonds. The Morgan fingerprint density at radius 2 is 2.00 bits per heavy atom. The minimum atomic E-state index is -0.238. The SMILES string of the molecule is CCCC(C)(CO)NCc1cnc(N2CCOCC2)nc1. The molecular formula is C15H26N4O2. The molecule has 1 unspecified atom stereocenters. The molecule has 118 valence electrons. The second kappa shape index (κ2) is 7.68. The van der Waals surface area contributed by atoms with E-state index in [1.165, 1.54) is 0 Å². The molecule has 1 fully saturated rings. The highest BCUT2D eigenvalue weighted by Gasteiger charge is 2.21. The average molecular weight is 294 g/mol. The molecule has 1 aromatic heterocycles. The third kappa shape index (κ3) is 4.62. The smallest absolute Gasteiger partial charge is 0.225 e. The third-order valence-corrected chi connectivity index (χ3v) is 3.86. The molecule has 0 bridgehead atoms. The second-order valence-corrected chi connectivity index (χ2v) is 5.81. The normalized spacial score (nSPS) is 18.5. The van der Waals surface area contributed by atoms with E-state index in [0.717, 1.165) is 50.7 Å². The van der Waals surface area contributed by atoms with E-state index >= 15 is 0 Å². The van der Waals surface area contributed by atoms with Gasteiger partial charge >= 0.3 is 0 Å². The number of hydrogen-bond donors (Lipinski definition) is 2. The van der Waals surface area contributed by atoms with Gasteiger partial charge in [-0.25, -0.2) is 9.97 Å². The van der Waals surface area contributed by atoms with Crippen LogP contribution in [0.5, 0.6) is 0 Å². The summed E-state index contributed by atoms with van der Waals surface area (Å²) in [6.45, 7) is 8.12. The number of aromatic nitrogens is 2. The van der Waals surface area contributed by atoms with Crippen molar-refractivity contribution in [1.82, 2.24) is 15.3 Å². The Labute approximate surface area is 126 Å². The zero-order valence-electron chi connectivity index (χ0n) is 13.0. The van der Waals surface area contributed by atoms with E-state index in [2.05, 4.69) is 27.1 Å². The molecule has 6 nitrogen and oxygen atoms in total. The van der Waals surface area contributed by atoms with Gasteiger partial charge in [-0.3, -0.25) is 0 Å². The van der Waals surface area contributed by atoms with E-state index in [0.29, 0.717) is 6.54 Å². The zero-order chi connectivity index (χ0) is 15.1. The summed E-state index contributed by atoms with van der Waals surface area (Å²) in [5.74, 6) is 0.764. The van der Waals surface area contributed by atoms with Crippen molar-refractivity contribution in [2.45, 2.75) is 38.8 Å². The molecule has 2 N–H and O–H groups in total. The lowest BCUT2D eigenvalue weighted by molar-refractivity contribution is 0.122. The first-order valence-electron chi connectivity index (χ1n) is 7.66. The number of morpholine rings is 1. The minimum Gasteiger partial charge on any atom is -0.394 e. The Balaban J connectivity index is 1.90. The highest BCUT2D eigenvalue weighted by molar-refractivity contribution is 5.30. The molecule has 1 saturated heterocycles. The van der Waals surface area contributed by atoms with Gasteiger partial charge < -0.3 is 20.1 Å². The first-order valence-corrected chi connectivity index (χ1v) is 7.66. The van der Waals surface area contributed by atoms with Crippen LogP contribution in [-0.2, 0) is 11.3 Å². The fourth-order valence-corrected chi connectivity index (χ4v) is 2.46. The van der Waals surface area contributed by atoms with Crippen molar-refractivity contribution in [3.8, 4) is 0 Å².